The lowest BCUT2D eigenvalue weighted by molar-refractivity contribution is 0.0520. The summed E-state index contributed by atoms with van der Waals surface area (Å²) in [6, 6.07) is 13.4. The van der Waals surface area contributed by atoms with Crippen LogP contribution in [0.5, 0.6) is 0 Å². The van der Waals surface area contributed by atoms with Crippen LogP contribution in [-0.4, -0.2) is 35.8 Å². The number of benzene rings is 3. The van der Waals surface area contributed by atoms with E-state index in [0.29, 0.717) is 45.5 Å². The lowest BCUT2D eigenvalue weighted by atomic mass is 9.94. The third-order valence-corrected chi connectivity index (χ3v) is 9.23. The normalized spacial score (nSPS) is 13.3. The smallest absolute Gasteiger partial charge is 0.357 e. The summed E-state index contributed by atoms with van der Waals surface area (Å²) in [6.07, 6.45) is 2.60. The number of esters is 1. The molecule has 0 saturated heterocycles. The summed E-state index contributed by atoms with van der Waals surface area (Å²) in [6.45, 7) is 1.86. The van der Waals surface area contributed by atoms with Crippen LogP contribution in [0, 0.1) is 23.4 Å². The van der Waals surface area contributed by atoms with Crippen molar-refractivity contribution in [2.24, 2.45) is 11.1 Å². The number of nitrogens with two attached hydrogens (primary N) is 1. The second-order valence-electron chi connectivity index (χ2n) is 10.7. The van der Waals surface area contributed by atoms with E-state index in [9.17, 15) is 17.6 Å². The van der Waals surface area contributed by atoms with Gasteiger partial charge in [0.15, 0.2) is 5.69 Å². The van der Waals surface area contributed by atoms with Crippen LogP contribution in [0.3, 0.4) is 0 Å². The number of hydrogen-bond acceptors (Lipinski definition) is 7. The number of sulfonamides is 1. The number of primary sulfonamides is 1. The fraction of sp³-hybridized carbons (Fsp3) is 0.219. The molecule has 1 fully saturated rings. The third kappa shape index (κ3) is 6.56. The van der Waals surface area contributed by atoms with Crippen molar-refractivity contribution in [1.82, 2.24) is 14.8 Å². The summed E-state index contributed by atoms with van der Waals surface area (Å²) in [5, 5.41) is 12.0. The average molecular weight is 653 g/mol. The molecule has 0 bridgehead atoms. The fourth-order valence-electron chi connectivity index (χ4n) is 5.12. The summed E-state index contributed by atoms with van der Waals surface area (Å²) in [7, 11) is -4.12. The molecule has 0 aliphatic heterocycles. The number of halogens is 3. The predicted molar refractivity (Wildman–Crippen MR) is 163 cm³/mol. The van der Waals surface area contributed by atoms with Crippen LogP contribution in [0.15, 0.2) is 70.9 Å². The Labute approximate surface area is 261 Å². The van der Waals surface area contributed by atoms with Gasteiger partial charge in [-0.2, -0.15) is 5.10 Å². The van der Waals surface area contributed by atoms with E-state index in [1.54, 1.807) is 35.2 Å². The van der Waals surface area contributed by atoms with E-state index >= 15 is 8.78 Å². The SMILES string of the molecule is CCOC(=O)c1csc(-n2nc(CC3CC3)c(Cc3ccc(S(N)(=O)=O)cc3F)c2-c2ccc(F)c(-c3cccc(F)c3)c2)n1. The highest BCUT2D eigenvalue weighted by molar-refractivity contribution is 7.89. The number of carbonyl (C=O) groups excluding carboxylic acids is 1. The van der Waals surface area contributed by atoms with Crippen molar-refractivity contribution in [1.29, 1.82) is 0 Å². The Bertz CT molecular complexity index is 2040. The molecule has 8 nitrogen and oxygen atoms in total. The van der Waals surface area contributed by atoms with Crippen LogP contribution in [-0.2, 0) is 27.6 Å². The van der Waals surface area contributed by atoms with Gasteiger partial charge in [0.05, 0.1) is 22.9 Å². The van der Waals surface area contributed by atoms with Gasteiger partial charge in [0.25, 0.3) is 0 Å². The van der Waals surface area contributed by atoms with E-state index in [-0.39, 0.29) is 34.7 Å². The molecule has 1 aliphatic rings. The Kier molecular flexibility index (Phi) is 8.33. The molecule has 1 aliphatic carbocycles. The number of aromatic nitrogens is 3. The van der Waals surface area contributed by atoms with Crippen molar-refractivity contribution < 1.29 is 31.1 Å². The Morgan fingerprint density at radius 2 is 1.84 bits per heavy atom. The van der Waals surface area contributed by atoms with Crippen molar-refractivity contribution in [2.75, 3.05) is 6.61 Å². The Morgan fingerprint density at radius 1 is 1.04 bits per heavy atom. The van der Waals surface area contributed by atoms with Gasteiger partial charge in [0.1, 0.15) is 17.5 Å². The molecule has 13 heteroatoms. The first-order valence-corrected chi connectivity index (χ1v) is 16.5. The van der Waals surface area contributed by atoms with Crippen LogP contribution in [0.4, 0.5) is 13.2 Å². The number of thiazole rings is 1. The highest BCUT2D eigenvalue weighted by atomic mass is 32.2. The van der Waals surface area contributed by atoms with Crippen LogP contribution in [0.2, 0.25) is 0 Å². The van der Waals surface area contributed by atoms with Crippen LogP contribution < -0.4 is 5.14 Å². The van der Waals surface area contributed by atoms with Crippen molar-refractivity contribution >= 4 is 27.3 Å². The molecule has 5 aromatic rings. The standard InChI is InChI=1S/C32H27F3N4O4S2/c1-2-43-31(40)29-17-44-32(37-29)39-30(21-9-11-26(34)24(15-21)19-4-3-5-22(33)13-19)25(28(38-39)12-18-6-7-18)14-20-8-10-23(16-27(20)35)45(36,41)42/h3-5,8-11,13,15-18H,2,6-7,12,14H2,1H3,(H2,36,41,42). The van der Waals surface area contributed by atoms with Crippen molar-refractivity contribution in [2.45, 2.75) is 37.5 Å². The summed E-state index contributed by atoms with van der Waals surface area (Å²) in [5.74, 6) is -2.09. The molecule has 1 saturated carbocycles. The van der Waals surface area contributed by atoms with Crippen LogP contribution >= 0.6 is 11.3 Å². The van der Waals surface area contributed by atoms with E-state index in [1.807, 2.05) is 0 Å². The lowest BCUT2D eigenvalue weighted by Crippen LogP contribution is -2.12. The first-order valence-electron chi connectivity index (χ1n) is 14.1. The molecule has 0 radical (unpaired) electrons. The highest BCUT2D eigenvalue weighted by Gasteiger charge is 2.30. The van der Waals surface area contributed by atoms with Gasteiger partial charge in [0.2, 0.25) is 15.2 Å². The lowest BCUT2D eigenvalue weighted by Gasteiger charge is -2.12. The van der Waals surface area contributed by atoms with Crippen molar-refractivity contribution in [3.05, 3.63) is 106 Å². The summed E-state index contributed by atoms with van der Waals surface area (Å²) < 4.78 is 75.0. The van der Waals surface area contributed by atoms with Gasteiger partial charge < -0.3 is 4.74 Å². The first kappa shape index (κ1) is 30.7. The number of ether oxygens (including phenoxy) is 1. The zero-order valence-electron chi connectivity index (χ0n) is 24.0. The number of nitrogens with zero attached hydrogens (tertiary/aromatic N) is 3. The molecule has 3 aromatic carbocycles. The molecule has 0 unspecified atom stereocenters. The Morgan fingerprint density at radius 3 is 2.53 bits per heavy atom. The number of hydrogen-bond donors (Lipinski definition) is 1. The van der Waals surface area contributed by atoms with Crippen molar-refractivity contribution in [3.63, 3.8) is 0 Å². The van der Waals surface area contributed by atoms with E-state index in [2.05, 4.69) is 4.98 Å². The van der Waals surface area contributed by atoms with Gasteiger partial charge in [-0.05, 0) is 85.7 Å². The summed E-state index contributed by atoms with van der Waals surface area (Å²) in [4.78, 5) is 16.6. The van der Waals surface area contributed by atoms with Crippen LogP contribution in [0.1, 0.15) is 47.1 Å². The number of carbonyl (C=O) groups is 1. The third-order valence-electron chi connectivity index (χ3n) is 7.50. The quantitative estimate of drug-likeness (QED) is 0.174. The van der Waals surface area contributed by atoms with Gasteiger partial charge >= 0.3 is 5.97 Å². The zero-order valence-corrected chi connectivity index (χ0v) is 25.6. The molecule has 0 atom stereocenters. The maximum atomic E-state index is 15.4. The number of rotatable bonds is 10. The highest BCUT2D eigenvalue weighted by Crippen LogP contribution is 2.39. The van der Waals surface area contributed by atoms with E-state index in [1.165, 1.54) is 36.4 Å². The first-order chi connectivity index (χ1) is 21.5. The summed E-state index contributed by atoms with van der Waals surface area (Å²) >= 11 is 1.15. The van der Waals surface area contributed by atoms with Gasteiger partial charge in [-0.25, -0.2) is 41.2 Å². The molecule has 0 amide bonds. The minimum atomic E-state index is -4.12. The topological polar surface area (TPSA) is 117 Å². The molecule has 6 rings (SSSR count). The molecule has 232 valence electrons. The molecule has 2 heterocycles. The maximum absolute atomic E-state index is 15.4. The Balaban J connectivity index is 1.56. The molecule has 45 heavy (non-hydrogen) atoms. The van der Waals surface area contributed by atoms with Gasteiger partial charge in [-0.15, -0.1) is 11.3 Å². The maximum Gasteiger partial charge on any atom is 0.357 e. The van der Waals surface area contributed by atoms with Crippen molar-refractivity contribution in [3.8, 4) is 27.5 Å². The van der Waals surface area contributed by atoms with E-state index in [4.69, 9.17) is 15.0 Å². The van der Waals surface area contributed by atoms with Gasteiger partial charge in [0, 0.05) is 28.5 Å². The average Bonchev–Trinajstić information content (AvgIpc) is 3.55. The second kappa shape index (κ2) is 12.2. The molecular weight excluding hydrogens is 626 g/mol. The second-order valence-corrected chi connectivity index (χ2v) is 13.1. The van der Waals surface area contributed by atoms with E-state index < -0.39 is 33.4 Å². The zero-order chi connectivity index (χ0) is 31.9. The molecular formula is C32H27F3N4O4S2. The van der Waals surface area contributed by atoms with Crippen LogP contribution in [0.25, 0.3) is 27.5 Å². The Hall–Kier alpha value is -4.33. The van der Waals surface area contributed by atoms with Gasteiger partial charge in [-0.1, -0.05) is 18.2 Å². The minimum Gasteiger partial charge on any atom is -0.461 e. The minimum absolute atomic E-state index is 0.0108. The largest absolute Gasteiger partial charge is 0.461 e. The molecule has 2 N–H and O–H groups in total. The fourth-order valence-corrected chi connectivity index (χ4v) is 6.40. The van der Waals surface area contributed by atoms with Gasteiger partial charge in [-0.3, -0.25) is 0 Å². The monoisotopic (exact) mass is 652 g/mol. The summed E-state index contributed by atoms with van der Waals surface area (Å²) in [5.41, 5.74) is 3.00. The molecule has 0 spiro atoms. The van der Waals surface area contributed by atoms with E-state index in [0.717, 1.165) is 30.2 Å². The molecule has 2 aromatic heterocycles. The predicted octanol–water partition coefficient (Wildman–Crippen LogP) is 6.45.